The van der Waals surface area contributed by atoms with Gasteiger partial charge in [0, 0.05) is 20.5 Å². The van der Waals surface area contributed by atoms with Crippen molar-refractivity contribution >= 4 is 48.3 Å². The molecule has 0 aromatic rings. The molecule has 0 radical (unpaired) electrons. The molecule has 632 valence electrons. The Morgan fingerprint density at radius 2 is 0.607 bits per heavy atom. The molecule has 0 spiro atoms. The van der Waals surface area contributed by atoms with E-state index in [1.54, 1.807) is 0 Å². The first-order chi connectivity index (χ1) is 49.4. The van der Waals surface area contributed by atoms with Gasteiger partial charge in [-0.1, -0.05) is 54.9 Å². The summed E-state index contributed by atoms with van der Waals surface area (Å²) < 4.78 is 70.3. The molecule has 4 fully saturated rings. The van der Waals surface area contributed by atoms with E-state index in [0.29, 0.717) is 0 Å². The zero-order valence-electron chi connectivity index (χ0n) is 62.6. The van der Waals surface area contributed by atoms with E-state index in [1.807, 2.05) is 54.0 Å². The van der Waals surface area contributed by atoms with Gasteiger partial charge in [-0.15, -0.1) is 0 Å². The van der Waals surface area contributed by atoms with Crippen LogP contribution < -0.4 is 5.32 Å². The average molecular weight is 1570 g/mol. The smallest absolute Gasteiger partial charge is 0.464 e. The van der Waals surface area contributed by atoms with E-state index < -0.39 is 272 Å². The highest BCUT2D eigenvalue weighted by Gasteiger charge is 2.56. The van der Waals surface area contributed by atoms with Gasteiger partial charge >= 0.3 is 48.3 Å². The van der Waals surface area contributed by atoms with E-state index >= 15 is 0 Å². The lowest BCUT2D eigenvalue weighted by molar-refractivity contribution is -0.181. The van der Waals surface area contributed by atoms with Gasteiger partial charge in [0.15, 0.2) is 49.6 Å². The fraction of sp³-hybridized carbons (Fsp3) is 0.875. The van der Waals surface area contributed by atoms with Crippen LogP contribution in [0.4, 0.5) is 14.4 Å². The van der Waals surface area contributed by atoms with Gasteiger partial charge in [-0.25, -0.2) is 14.4 Å². The van der Waals surface area contributed by atoms with E-state index in [-0.39, 0.29) is 13.8 Å². The van der Waals surface area contributed by atoms with Crippen LogP contribution in [-0.2, 0) is 90.3 Å². The molecule has 107 heavy (non-hydrogen) atoms. The van der Waals surface area contributed by atoms with Crippen LogP contribution >= 0.6 is 0 Å². The van der Waals surface area contributed by atoms with Gasteiger partial charge in [0.05, 0.1) is 39.6 Å². The molecule has 19 N–H and O–H groups in total. The third-order valence-electron chi connectivity index (χ3n) is 15.2. The second-order valence-corrected chi connectivity index (χ2v) is 25.9. The molecule has 4 aliphatic rings. The molecule has 43 nitrogen and oxygen atoms in total. The predicted octanol–water partition coefficient (Wildman–Crippen LogP) is -7.21. The second kappa shape index (κ2) is 51.6. The number of unbranched alkanes of at least 4 members (excludes halogenated alkanes) is 1. The fourth-order valence-corrected chi connectivity index (χ4v) is 8.27. The van der Waals surface area contributed by atoms with Crippen LogP contribution in [0.3, 0.4) is 0 Å². The lowest BCUT2D eigenvalue weighted by Crippen LogP contribution is -2.49. The number of aliphatic hydroxyl groups excluding tert-OH is 18. The zero-order chi connectivity index (χ0) is 82.5. The molecule has 0 aromatic carbocycles. The summed E-state index contributed by atoms with van der Waals surface area (Å²) in [5.41, 5.74) is -8.06. The van der Waals surface area contributed by atoms with Crippen LogP contribution in [0.2, 0.25) is 0 Å². The Morgan fingerprint density at radius 1 is 0.402 bits per heavy atom. The molecule has 43 heteroatoms. The van der Waals surface area contributed by atoms with Crippen molar-refractivity contribution in [1.29, 1.82) is 0 Å². The summed E-state index contributed by atoms with van der Waals surface area (Å²) in [5, 5.41) is 179. The van der Waals surface area contributed by atoms with Crippen LogP contribution in [0.15, 0.2) is 0 Å². The van der Waals surface area contributed by atoms with Gasteiger partial charge in [-0.2, -0.15) is 0 Å². The van der Waals surface area contributed by atoms with Crippen molar-refractivity contribution in [2.45, 2.75) is 212 Å². The minimum atomic E-state index is -2.03. The maximum Gasteiger partial charge on any atom is 0.508 e. The minimum absolute atomic E-state index is 0. The topological polar surface area (TPSA) is 648 Å². The molecule has 0 aromatic heterocycles. The van der Waals surface area contributed by atoms with E-state index in [9.17, 15) is 130 Å². The Labute approximate surface area is 620 Å². The first-order valence-electron chi connectivity index (χ1n) is 33.5. The molecule has 4 rings (SSSR count). The SMILES string of the molecule is C.CC.CCC(=O)OCC(C)(COC(=O)OCC(C)(CO)C(=O)O[C@@H]1[C@@H](O)[C@@H](O)O[C@@H]1C(O)CO)C(=O)O[C@@H]1[C@@H](O)[C@@H](O)O[C@@H]1C(O)CO.CCCC.CN(C)C.CN(C)C(=O)OCC(C)(COC(=O)OCC(C)(CO)C(=O)O[C@@H]1[C@@H](O)[C@@H](O)O[C@@H]1C(O)CO)C(=O)O[C@@H]1[C@@H](O)[C@@H](O)O[C@@H]1C(O)CO.CNC. The highest BCUT2D eigenvalue weighted by atomic mass is 16.7. The molecule has 0 aliphatic carbocycles. The quantitative estimate of drug-likeness (QED) is 0.0220. The van der Waals surface area contributed by atoms with Crippen molar-refractivity contribution in [3.8, 4) is 0 Å². The van der Waals surface area contributed by atoms with E-state index in [0.717, 1.165) is 32.6 Å². The summed E-state index contributed by atoms with van der Waals surface area (Å²) >= 11 is 0. The molecular formula is C64H121N3O40. The molecule has 24 atom stereocenters. The number of hydrogen-bond acceptors (Lipinski definition) is 42. The molecule has 4 heterocycles. The number of carbonyl (C=O) groups excluding carboxylic acids is 8. The van der Waals surface area contributed by atoms with Gasteiger partial charge < -0.3 is 173 Å². The summed E-state index contributed by atoms with van der Waals surface area (Å²) in [6.07, 6.45) is -36.2. The number of carbonyl (C=O) groups is 8. The predicted molar refractivity (Wildman–Crippen MR) is 360 cm³/mol. The fourth-order valence-electron chi connectivity index (χ4n) is 8.27. The number of hydrogen-bond donors (Lipinski definition) is 19. The van der Waals surface area contributed by atoms with E-state index in [2.05, 4.69) is 19.2 Å². The molecule has 0 bridgehead atoms. The summed E-state index contributed by atoms with van der Waals surface area (Å²) in [7, 11) is 12.4. The normalized spacial score (nSPS) is 28.1. The Morgan fingerprint density at radius 3 is 0.804 bits per heavy atom. The van der Waals surface area contributed by atoms with Gasteiger partial charge in [0.1, 0.15) is 135 Å². The first kappa shape index (κ1) is 105. The highest BCUT2D eigenvalue weighted by molar-refractivity contribution is 5.80. The number of nitrogens with one attached hydrogen (secondary N) is 1. The van der Waals surface area contributed by atoms with E-state index in [4.69, 9.17) is 66.3 Å². The minimum Gasteiger partial charge on any atom is -0.464 e. The number of aliphatic hydroxyl groups is 18. The second-order valence-electron chi connectivity index (χ2n) is 25.9. The lowest BCUT2D eigenvalue weighted by Gasteiger charge is -2.31. The summed E-state index contributed by atoms with van der Waals surface area (Å²) in [4.78, 5) is 104. The number of rotatable bonds is 32. The van der Waals surface area contributed by atoms with Crippen molar-refractivity contribution in [3.63, 3.8) is 0 Å². The van der Waals surface area contributed by atoms with Gasteiger partial charge in [-0.3, -0.25) is 24.0 Å². The standard InChI is InChI=1S/C26H43NO20.C26H42O20.C4H10.C3H9N.C2H7N.C2H6.CH4/c1-25(7-30,21(37)46-17-13(33)19(35)44-15(17)11(31)5-28)8-42-24(40)43-10-26(2,9-41-23(39)27(3)4)22(38)47-18-14(34)20(36)45-16(18)12(32)6-29;1-4-13(32)40-9-26(3,23(38)46-19-15(34)21(36)44-17(19)12(31)6-28)10-42-24(39)41-8-25(2,7-29)22(37)45-18-14(33)20(35)43-16(18)11(30)5-27;1-3-4-2;1-4(2)3;1-3-2;1-2;/h11-20,28-36H,5-10H2,1-4H3;11-12,14-21,27-31,33-36H,4-10H2,1-3H3;3-4H2,1-2H3;1-3H3;3H,1-2H3;1-2H3;1H4/t11?,12?,13-,14-,15-,16-,17-,18-,19+,20+,25?,26?;11?,12?,14-,15-,16-,17-,18-,19-,20+,21+,25?,26?;;;;;/m11...../s1. The molecular weight excluding hydrogens is 1450 g/mol. The number of nitrogens with zero attached hydrogens (tertiary/aromatic N) is 2. The maximum atomic E-state index is 13.3. The van der Waals surface area contributed by atoms with Gasteiger partial charge in [0.25, 0.3) is 0 Å². The first-order valence-corrected chi connectivity index (χ1v) is 33.5. The van der Waals surface area contributed by atoms with Gasteiger partial charge in [-0.05, 0) is 62.9 Å². The van der Waals surface area contributed by atoms with Crippen LogP contribution in [0.1, 0.15) is 89.0 Å². The molecule has 4 saturated heterocycles. The molecule has 4 aliphatic heterocycles. The van der Waals surface area contributed by atoms with Crippen molar-refractivity contribution in [2.75, 3.05) is 129 Å². The highest BCUT2D eigenvalue weighted by Crippen LogP contribution is 2.34. The van der Waals surface area contributed by atoms with Crippen LogP contribution in [0, 0.1) is 21.7 Å². The van der Waals surface area contributed by atoms with Crippen molar-refractivity contribution in [2.24, 2.45) is 21.7 Å². The molecule has 0 saturated carbocycles. The van der Waals surface area contributed by atoms with Crippen LogP contribution in [0.5, 0.6) is 0 Å². The summed E-state index contributed by atoms with van der Waals surface area (Å²) in [5.74, 6) is -5.86. The van der Waals surface area contributed by atoms with Crippen LogP contribution in [-0.4, -0.2) is 401 Å². The van der Waals surface area contributed by atoms with Gasteiger partial charge in [0.2, 0.25) is 0 Å². The monoisotopic (exact) mass is 1570 g/mol. The van der Waals surface area contributed by atoms with Crippen molar-refractivity contribution in [3.05, 3.63) is 0 Å². The summed E-state index contributed by atoms with van der Waals surface area (Å²) in [6, 6.07) is 0. The third kappa shape index (κ3) is 33.0. The summed E-state index contributed by atoms with van der Waals surface area (Å²) in [6.45, 7) is 3.56. The number of esters is 5. The van der Waals surface area contributed by atoms with Crippen LogP contribution in [0.25, 0.3) is 0 Å². The maximum absolute atomic E-state index is 13.3. The Bertz CT molecular complexity index is 2560. The van der Waals surface area contributed by atoms with Crippen molar-refractivity contribution < 1.29 is 197 Å². The zero-order valence-corrected chi connectivity index (χ0v) is 62.6. The number of ether oxygens (including phenoxy) is 14. The number of amides is 1. The molecule has 1 amide bonds. The van der Waals surface area contributed by atoms with E-state index in [1.165, 1.54) is 33.9 Å². The lowest BCUT2D eigenvalue weighted by atomic mass is 9.92. The van der Waals surface area contributed by atoms with Crippen molar-refractivity contribution in [1.82, 2.24) is 15.1 Å². The largest absolute Gasteiger partial charge is 0.508 e. The average Bonchev–Trinajstić information content (AvgIpc) is 1.71. The Balaban J connectivity index is -0.00000172. The molecule has 8 unspecified atom stereocenters. The third-order valence-corrected chi connectivity index (χ3v) is 15.2. The Hall–Kier alpha value is -5.80. The Kier molecular flexibility index (Phi) is 50.8.